The number of H-pyrrole nitrogens is 1. The van der Waals surface area contributed by atoms with Crippen molar-refractivity contribution < 1.29 is 37.3 Å². The summed E-state index contributed by atoms with van der Waals surface area (Å²) in [5, 5.41) is 9.76. The molecule has 4 rings (SSSR count). The molecule has 1 aromatic carbocycles. The zero-order valence-electron chi connectivity index (χ0n) is 16.0. The number of rotatable bonds is 3. The van der Waals surface area contributed by atoms with E-state index in [0.29, 0.717) is 17.1 Å². The maximum Gasteiger partial charge on any atom is 0.490 e. The van der Waals surface area contributed by atoms with Crippen LogP contribution in [0.2, 0.25) is 0 Å². The average Bonchev–Trinajstić information content (AvgIpc) is 3.23. The fraction of sp³-hybridized carbons (Fsp3) is 0.100. The van der Waals surface area contributed by atoms with Gasteiger partial charge in [0.25, 0.3) is 11.5 Å². The number of halogens is 3. The monoisotopic (exact) mass is 449 g/mol. The molecular weight excluding hydrogens is 435 g/mol. The molecule has 12 heteroatoms. The molecule has 1 aliphatic rings. The fourth-order valence-corrected chi connectivity index (χ4v) is 2.52. The van der Waals surface area contributed by atoms with Gasteiger partial charge in [0.15, 0.2) is 11.5 Å². The predicted molar refractivity (Wildman–Crippen MR) is 105 cm³/mol. The summed E-state index contributed by atoms with van der Waals surface area (Å²) >= 11 is 0. The van der Waals surface area contributed by atoms with Gasteiger partial charge in [-0.05, 0) is 42.0 Å². The van der Waals surface area contributed by atoms with Crippen LogP contribution in [-0.4, -0.2) is 39.9 Å². The molecule has 0 spiro atoms. The molecule has 9 nitrogen and oxygen atoms in total. The summed E-state index contributed by atoms with van der Waals surface area (Å²) in [4.78, 5) is 40.0. The van der Waals surface area contributed by atoms with E-state index in [-0.39, 0.29) is 18.0 Å². The number of benzene rings is 1. The number of carboxylic acid groups (broad SMARTS) is 1. The standard InChI is InChI=1S/C18H13N3O4.C2HF3O2/c22-17(12-1-2-15-16(8-12)25-10-24-15)21-14-7-13(9-20-18(14)23)11-3-5-19-6-4-11;3-2(4,5)1(6)7/h1-9H,10H2,(H,20,23)(H,21,22);(H,6,7). The summed E-state index contributed by atoms with van der Waals surface area (Å²) in [5.41, 5.74) is 1.80. The van der Waals surface area contributed by atoms with Crippen molar-refractivity contribution in [2.45, 2.75) is 6.18 Å². The van der Waals surface area contributed by atoms with Crippen LogP contribution in [0.1, 0.15) is 10.4 Å². The van der Waals surface area contributed by atoms with Crippen molar-refractivity contribution in [3.05, 3.63) is 70.9 Å². The number of hydrogen-bond acceptors (Lipinski definition) is 6. The van der Waals surface area contributed by atoms with E-state index in [9.17, 15) is 22.8 Å². The van der Waals surface area contributed by atoms with E-state index < -0.39 is 18.1 Å². The Hall–Kier alpha value is -4.35. The number of fused-ring (bicyclic) bond motifs is 1. The minimum Gasteiger partial charge on any atom is -0.475 e. The Kier molecular flexibility index (Phi) is 6.42. The Labute approximate surface area is 177 Å². The summed E-state index contributed by atoms with van der Waals surface area (Å²) in [7, 11) is 0. The van der Waals surface area contributed by atoms with Gasteiger partial charge in [-0.25, -0.2) is 4.79 Å². The number of carboxylic acids is 1. The minimum atomic E-state index is -5.08. The van der Waals surface area contributed by atoms with Gasteiger partial charge in [-0.15, -0.1) is 0 Å². The lowest BCUT2D eigenvalue weighted by Crippen LogP contribution is -2.21. The van der Waals surface area contributed by atoms with Crippen LogP contribution in [-0.2, 0) is 4.79 Å². The lowest BCUT2D eigenvalue weighted by Gasteiger charge is -2.07. The molecule has 32 heavy (non-hydrogen) atoms. The minimum absolute atomic E-state index is 0.133. The van der Waals surface area contributed by atoms with Crippen LogP contribution in [0.15, 0.2) is 59.8 Å². The number of nitrogens with one attached hydrogen (secondary N) is 2. The molecule has 2 aromatic heterocycles. The molecule has 1 aliphatic heterocycles. The van der Waals surface area contributed by atoms with Gasteiger partial charge in [-0.3, -0.25) is 14.6 Å². The van der Waals surface area contributed by atoms with Crippen molar-refractivity contribution in [2.75, 3.05) is 12.1 Å². The zero-order valence-corrected chi connectivity index (χ0v) is 16.0. The van der Waals surface area contributed by atoms with E-state index in [1.807, 2.05) is 12.1 Å². The SMILES string of the molecule is O=C(Nc1cc(-c2ccncc2)c[nH]c1=O)c1ccc2c(c1)OCO2.O=C(O)C(F)(F)F. The van der Waals surface area contributed by atoms with E-state index in [2.05, 4.69) is 15.3 Å². The smallest absolute Gasteiger partial charge is 0.475 e. The third-order valence-corrected chi connectivity index (χ3v) is 4.04. The molecule has 0 fully saturated rings. The van der Waals surface area contributed by atoms with Gasteiger partial charge in [0.2, 0.25) is 6.79 Å². The first-order valence-electron chi connectivity index (χ1n) is 8.79. The summed E-state index contributed by atoms with van der Waals surface area (Å²) < 4.78 is 42.2. The Balaban J connectivity index is 0.000000360. The molecule has 0 aliphatic carbocycles. The molecule has 0 saturated heterocycles. The lowest BCUT2D eigenvalue weighted by atomic mass is 10.1. The summed E-state index contributed by atoms with van der Waals surface area (Å²) in [5.74, 6) is -2.07. The maximum atomic E-state index is 12.4. The number of carbonyl (C=O) groups is 2. The second-order valence-electron chi connectivity index (χ2n) is 6.19. The van der Waals surface area contributed by atoms with Crippen molar-refractivity contribution >= 4 is 17.6 Å². The highest BCUT2D eigenvalue weighted by Gasteiger charge is 2.38. The van der Waals surface area contributed by atoms with Crippen molar-refractivity contribution in [1.29, 1.82) is 0 Å². The molecule has 0 unspecified atom stereocenters. The van der Waals surface area contributed by atoms with Gasteiger partial charge >= 0.3 is 12.1 Å². The Morgan fingerprint density at radius 3 is 2.34 bits per heavy atom. The molecule has 1 amide bonds. The lowest BCUT2D eigenvalue weighted by molar-refractivity contribution is -0.192. The van der Waals surface area contributed by atoms with Gasteiger partial charge in [0, 0.05) is 29.7 Å². The van der Waals surface area contributed by atoms with Gasteiger partial charge < -0.3 is 24.9 Å². The van der Waals surface area contributed by atoms with Crippen molar-refractivity contribution in [3.63, 3.8) is 0 Å². The molecule has 3 heterocycles. The molecule has 166 valence electrons. The summed E-state index contributed by atoms with van der Waals surface area (Å²) in [6.07, 6.45) is -0.176. The highest BCUT2D eigenvalue weighted by molar-refractivity contribution is 6.04. The number of aromatic nitrogens is 2. The number of hydrogen-bond donors (Lipinski definition) is 3. The number of anilines is 1. The highest BCUT2D eigenvalue weighted by Crippen LogP contribution is 2.32. The van der Waals surface area contributed by atoms with Crippen LogP contribution in [0.4, 0.5) is 18.9 Å². The molecule has 0 radical (unpaired) electrons. The van der Waals surface area contributed by atoms with Crippen LogP contribution < -0.4 is 20.3 Å². The van der Waals surface area contributed by atoms with Gasteiger partial charge in [0.1, 0.15) is 5.69 Å². The van der Waals surface area contributed by atoms with E-state index in [0.717, 1.165) is 11.1 Å². The molecular formula is C20H14F3N3O6. The molecule has 3 N–H and O–H groups in total. The normalized spacial score (nSPS) is 11.8. The van der Waals surface area contributed by atoms with Crippen molar-refractivity contribution in [2.24, 2.45) is 0 Å². The fourth-order valence-electron chi connectivity index (χ4n) is 2.52. The molecule has 3 aromatic rings. The number of ether oxygens (including phenoxy) is 2. The molecule has 0 atom stereocenters. The van der Waals surface area contributed by atoms with E-state index in [1.165, 1.54) is 0 Å². The van der Waals surface area contributed by atoms with Crippen LogP contribution in [0, 0.1) is 0 Å². The first-order valence-corrected chi connectivity index (χ1v) is 8.79. The van der Waals surface area contributed by atoms with E-state index in [1.54, 1.807) is 42.9 Å². The Morgan fingerprint density at radius 1 is 1.03 bits per heavy atom. The second-order valence-corrected chi connectivity index (χ2v) is 6.19. The third kappa shape index (κ3) is 5.41. The topological polar surface area (TPSA) is 131 Å². The maximum absolute atomic E-state index is 12.4. The number of alkyl halides is 3. The molecule has 0 saturated carbocycles. The number of amides is 1. The summed E-state index contributed by atoms with van der Waals surface area (Å²) in [6.45, 7) is 0.133. The van der Waals surface area contributed by atoms with Crippen LogP contribution in [0.25, 0.3) is 11.1 Å². The molecule has 0 bridgehead atoms. The number of nitrogens with zero attached hydrogens (tertiary/aromatic N) is 1. The summed E-state index contributed by atoms with van der Waals surface area (Å²) in [6, 6.07) is 10.1. The van der Waals surface area contributed by atoms with E-state index in [4.69, 9.17) is 19.4 Å². The number of carbonyl (C=O) groups excluding carboxylic acids is 1. The van der Waals surface area contributed by atoms with Crippen LogP contribution in [0.5, 0.6) is 11.5 Å². The van der Waals surface area contributed by atoms with Crippen LogP contribution in [0.3, 0.4) is 0 Å². The van der Waals surface area contributed by atoms with Crippen molar-refractivity contribution in [3.8, 4) is 22.6 Å². The second kappa shape index (κ2) is 9.20. The third-order valence-electron chi connectivity index (χ3n) is 4.04. The quantitative estimate of drug-likeness (QED) is 0.560. The highest BCUT2D eigenvalue weighted by atomic mass is 19.4. The first kappa shape index (κ1) is 22.3. The Morgan fingerprint density at radius 2 is 1.69 bits per heavy atom. The Bertz CT molecular complexity index is 1200. The number of pyridine rings is 2. The largest absolute Gasteiger partial charge is 0.490 e. The van der Waals surface area contributed by atoms with Gasteiger partial charge in [0.05, 0.1) is 0 Å². The zero-order chi connectivity index (χ0) is 23.3. The average molecular weight is 449 g/mol. The predicted octanol–water partition coefficient (Wildman–Crippen LogP) is 3.05. The van der Waals surface area contributed by atoms with Gasteiger partial charge in [-0.1, -0.05) is 0 Å². The van der Waals surface area contributed by atoms with Gasteiger partial charge in [-0.2, -0.15) is 13.2 Å². The number of aliphatic carboxylic acids is 1. The van der Waals surface area contributed by atoms with Crippen LogP contribution >= 0.6 is 0 Å². The number of aromatic amines is 1. The van der Waals surface area contributed by atoms with Crippen molar-refractivity contribution in [1.82, 2.24) is 9.97 Å². The van der Waals surface area contributed by atoms with E-state index >= 15 is 0 Å². The first-order chi connectivity index (χ1) is 15.1.